The molecule has 1 aromatic heterocycles. The number of rotatable bonds is 4. The fourth-order valence-electron chi connectivity index (χ4n) is 0.917. The molecule has 0 N–H and O–H groups in total. The van der Waals surface area contributed by atoms with Crippen molar-refractivity contribution in [2.45, 2.75) is 26.7 Å². The Morgan fingerprint density at radius 1 is 1.33 bits per heavy atom. The number of ether oxygens (including phenoxy) is 1. The molecule has 0 amide bonds. The van der Waals surface area contributed by atoms with Gasteiger partial charge in [0.1, 0.15) is 0 Å². The van der Waals surface area contributed by atoms with E-state index in [0.717, 1.165) is 6.42 Å². The van der Waals surface area contributed by atoms with Crippen LogP contribution in [0, 0.1) is 0 Å². The maximum absolute atomic E-state index is 10.6. The monoisotopic (exact) mass is 172 g/mol. The largest absolute Gasteiger partial charge is 0.521 e. The van der Waals surface area contributed by atoms with Gasteiger partial charge in [0.15, 0.2) is 5.76 Å². The quantitative estimate of drug-likeness (QED) is 0.691. The SMILES string of the molecule is CCCc1oc(=O)oc1OCC. The van der Waals surface area contributed by atoms with Gasteiger partial charge >= 0.3 is 11.8 Å². The van der Waals surface area contributed by atoms with Gasteiger partial charge in [0.25, 0.3) is 0 Å². The normalized spacial score (nSPS) is 10.2. The van der Waals surface area contributed by atoms with Crippen molar-refractivity contribution < 1.29 is 13.6 Å². The summed E-state index contributed by atoms with van der Waals surface area (Å²) in [5.41, 5.74) is 0. The zero-order valence-electron chi connectivity index (χ0n) is 7.25. The molecule has 1 rings (SSSR count). The molecule has 0 bridgehead atoms. The second kappa shape index (κ2) is 3.99. The van der Waals surface area contributed by atoms with Crippen molar-refractivity contribution in [1.82, 2.24) is 0 Å². The van der Waals surface area contributed by atoms with Crippen LogP contribution in [0.25, 0.3) is 0 Å². The molecule has 12 heavy (non-hydrogen) atoms. The van der Waals surface area contributed by atoms with E-state index >= 15 is 0 Å². The highest BCUT2D eigenvalue weighted by Crippen LogP contribution is 2.17. The van der Waals surface area contributed by atoms with Crippen molar-refractivity contribution in [1.29, 1.82) is 0 Å². The maximum atomic E-state index is 10.6. The molecule has 0 aliphatic rings. The van der Waals surface area contributed by atoms with Gasteiger partial charge in [-0.2, -0.15) is 0 Å². The summed E-state index contributed by atoms with van der Waals surface area (Å²) in [6.07, 6.45) is 1.56. The van der Waals surface area contributed by atoms with Gasteiger partial charge < -0.3 is 13.6 Å². The second-order valence-electron chi connectivity index (χ2n) is 2.35. The predicted molar refractivity (Wildman–Crippen MR) is 42.4 cm³/mol. The zero-order chi connectivity index (χ0) is 8.97. The summed E-state index contributed by atoms with van der Waals surface area (Å²) in [6, 6.07) is 0. The minimum absolute atomic E-state index is 0.226. The van der Waals surface area contributed by atoms with Gasteiger partial charge in [-0.25, -0.2) is 4.79 Å². The Kier molecular flexibility index (Phi) is 2.96. The molecule has 68 valence electrons. The Morgan fingerprint density at radius 3 is 2.67 bits per heavy atom. The molecule has 0 saturated heterocycles. The van der Waals surface area contributed by atoms with Gasteiger partial charge in [-0.3, -0.25) is 0 Å². The van der Waals surface area contributed by atoms with Crippen LogP contribution in [0.5, 0.6) is 5.95 Å². The van der Waals surface area contributed by atoms with Crippen molar-refractivity contribution in [2.24, 2.45) is 0 Å². The molecule has 1 aromatic rings. The average Bonchev–Trinajstić information content (AvgIpc) is 2.33. The first kappa shape index (κ1) is 8.90. The molecule has 0 aromatic carbocycles. The third-order valence-corrected chi connectivity index (χ3v) is 1.36. The van der Waals surface area contributed by atoms with Crippen LogP contribution in [-0.2, 0) is 6.42 Å². The summed E-state index contributed by atoms with van der Waals surface area (Å²) in [5, 5.41) is 0. The molecule has 0 aliphatic carbocycles. The summed E-state index contributed by atoms with van der Waals surface area (Å²) in [5.74, 6) is 0.0376. The zero-order valence-corrected chi connectivity index (χ0v) is 7.25. The Bertz CT molecular complexity index is 257. The van der Waals surface area contributed by atoms with E-state index in [4.69, 9.17) is 9.15 Å². The number of aryl methyl sites for hydroxylation is 1. The second-order valence-corrected chi connectivity index (χ2v) is 2.35. The molecule has 0 saturated carbocycles. The average molecular weight is 172 g/mol. The minimum Gasteiger partial charge on any atom is -0.463 e. The number of hydrogen-bond acceptors (Lipinski definition) is 4. The van der Waals surface area contributed by atoms with Gasteiger partial charge in [0.2, 0.25) is 0 Å². The summed E-state index contributed by atoms with van der Waals surface area (Å²) in [6.45, 7) is 4.28. The highest BCUT2D eigenvalue weighted by Gasteiger charge is 2.12. The van der Waals surface area contributed by atoms with Crippen molar-refractivity contribution in [3.05, 3.63) is 16.4 Å². The molecule has 0 radical (unpaired) electrons. The number of hydrogen-bond donors (Lipinski definition) is 0. The summed E-state index contributed by atoms with van der Waals surface area (Å²) in [7, 11) is 0. The third-order valence-electron chi connectivity index (χ3n) is 1.36. The van der Waals surface area contributed by atoms with E-state index in [1.807, 2.05) is 13.8 Å². The molecule has 0 fully saturated rings. The molecule has 0 aliphatic heterocycles. The van der Waals surface area contributed by atoms with Gasteiger partial charge in [0.05, 0.1) is 6.61 Å². The third kappa shape index (κ3) is 1.90. The lowest BCUT2D eigenvalue weighted by atomic mass is 10.3. The highest BCUT2D eigenvalue weighted by atomic mass is 16.7. The first-order chi connectivity index (χ1) is 5.77. The van der Waals surface area contributed by atoms with Crippen molar-refractivity contribution in [3.8, 4) is 5.95 Å². The van der Waals surface area contributed by atoms with Crippen molar-refractivity contribution >= 4 is 0 Å². The lowest BCUT2D eigenvalue weighted by molar-refractivity contribution is 0.245. The molecule has 1 heterocycles. The Balaban J connectivity index is 2.84. The van der Waals surface area contributed by atoms with Crippen molar-refractivity contribution in [3.63, 3.8) is 0 Å². The first-order valence-electron chi connectivity index (χ1n) is 4.03. The van der Waals surface area contributed by atoms with Crippen LogP contribution in [-0.4, -0.2) is 6.61 Å². The molecule has 0 unspecified atom stereocenters. The highest BCUT2D eigenvalue weighted by molar-refractivity contribution is 5.09. The van der Waals surface area contributed by atoms with Crippen LogP contribution in [0.15, 0.2) is 13.6 Å². The van der Waals surface area contributed by atoms with E-state index in [1.165, 1.54) is 0 Å². The smallest absolute Gasteiger partial charge is 0.463 e. The van der Waals surface area contributed by atoms with Crippen LogP contribution in [0.4, 0.5) is 0 Å². The standard InChI is InChI=1S/C8H12O4/c1-3-5-6-7(10-4-2)12-8(9)11-6/h3-5H2,1-2H3. The Hall–Kier alpha value is -1.19. The van der Waals surface area contributed by atoms with E-state index < -0.39 is 5.82 Å². The molecule has 4 nitrogen and oxygen atoms in total. The van der Waals surface area contributed by atoms with E-state index in [2.05, 4.69) is 4.42 Å². The summed E-state index contributed by atoms with van der Waals surface area (Å²) >= 11 is 0. The van der Waals surface area contributed by atoms with Crippen molar-refractivity contribution in [2.75, 3.05) is 6.61 Å². The van der Waals surface area contributed by atoms with E-state index in [0.29, 0.717) is 18.8 Å². The fraction of sp³-hybridized carbons (Fsp3) is 0.625. The lowest BCUT2D eigenvalue weighted by Crippen LogP contribution is -1.93. The molecule has 4 heteroatoms. The van der Waals surface area contributed by atoms with E-state index in [1.54, 1.807) is 0 Å². The van der Waals surface area contributed by atoms with Gasteiger partial charge in [-0.15, -0.1) is 0 Å². The predicted octanol–water partition coefficient (Wildman–Crippen LogP) is 1.58. The first-order valence-corrected chi connectivity index (χ1v) is 4.03. The van der Waals surface area contributed by atoms with Gasteiger partial charge in [0, 0.05) is 6.42 Å². The van der Waals surface area contributed by atoms with Crippen LogP contribution >= 0.6 is 0 Å². The molecular formula is C8H12O4. The molecule has 0 spiro atoms. The minimum atomic E-state index is -0.693. The molecular weight excluding hydrogens is 160 g/mol. The van der Waals surface area contributed by atoms with Crippen LogP contribution < -0.4 is 10.6 Å². The van der Waals surface area contributed by atoms with Crippen LogP contribution in [0.3, 0.4) is 0 Å². The van der Waals surface area contributed by atoms with E-state index in [9.17, 15) is 4.79 Å². The molecule has 0 atom stereocenters. The van der Waals surface area contributed by atoms with Crippen LogP contribution in [0.2, 0.25) is 0 Å². The van der Waals surface area contributed by atoms with Gasteiger partial charge in [-0.05, 0) is 13.3 Å². The topological polar surface area (TPSA) is 52.6 Å². The van der Waals surface area contributed by atoms with E-state index in [-0.39, 0.29) is 5.95 Å². The Morgan fingerprint density at radius 2 is 2.08 bits per heavy atom. The summed E-state index contributed by atoms with van der Waals surface area (Å²) < 4.78 is 14.5. The summed E-state index contributed by atoms with van der Waals surface area (Å²) in [4.78, 5) is 10.6. The Labute approximate surface area is 70.1 Å². The van der Waals surface area contributed by atoms with Gasteiger partial charge in [-0.1, -0.05) is 6.92 Å². The fourth-order valence-corrected chi connectivity index (χ4v) is 0.917. The van der Waals surface area contributed by atoms with Crippen LogP contribution in [0.1, 0.15) is 26.0 Å². The lowest BCUT2D eigenvalue weighted by Gasteiger charge is -1.97. The maximum Gasteiger partial charge on any atom is 0.521 e.